The summed E-state index contributed by atoms with van der Waals surface area (Å²) in [7, 11) is 0. The van der Waals surface area contributed by atoms with Gasteiger partial charge in [-0.1, -0.05) is 11.6 Å². The monoisotopic (exact) mass is 241 g/mol. The smallest absolute Gasteiger partial charge is 0.325 e. The van der Waals surface area contributed by atoms with Crippen LogP contribution in [0.3, 0.4) is 0 Å². The first-order valence-electron chi connectivity index (χ1n) is 5.08. The number of carbonyl (C=O) groups excluding carboxylic acids is 1. The molecule has 1 rings (SSSR count). The van der Waals surface area contributed by atoms with E-state index in [1.165, 1.54) is 0 Å². The Morgan fingerprint density at radius 3 is 2.38 bits per heavy atom. The molecule has 0 saturated heterocycles. The maximum absolute atomic E-state index is 11.4. The van der Waals surface area contributed by atoms with E-state index in [0.717, 1.165) is 5.69 Å². The van der Waals surface area contributed by atoms with Gasteiger partial charge in [0, 0.05) is 10.7 Å². The van der Waals surface area contributed by atoms with Crippen LogP contribution in [0.15, 0.2) is 24.3 Å². The minimum absolute atomic E-state index is 0.152. The van der Waals surface area contributed by atoms with Crippen molar-refractivity contribution in [2.24, 2.45) is 0 Å². The lowest BCUT2D eigenvalue weighted by Gasteiger charge is -2.19. The molecule has 0 amide bonds. The van der Waals surface area contributed by atoms with Crippen LogP contribution in [0.5, 0.6) is 0 Å². The molecule has 0 aliphatic carbocycles. The average Bonchev–Trinajstić information content (AvgIpc) is 2.14. The van der Waals surface area contributed by atoms with Gasteiger partial charge in [-0.25, -0.2) is 0 Å². The zero-order valence-electron chi connectivity index (χ0n) is 9.71. The minimum atomic E-state index is -0.446. The van der Waals surface area contributed by atoms with Crippen molar-refractivity contribution >= 4 is 23.3 Å². The fraction of sp³-hybridized carbons (Fsp3) is 0.417. The van der Waals surface area contributed by atoms with E-state index in [1.54, 1.807) is 12.1 Å². The summed E-state index contributed by atoms with van der Waals surface area (Å²) in [5, 5.41) is 3.63. The molecule has 0 spiro atoms. The second-order valence-electron chi connectivity index (χ2n) is 4.45. The quantitative estimate of drug-likeness (QED) is 0.827. The van der Waals surface area contributed by atoms with Crippen molar-refractivity contribution in [3.63, 3.8) is 0 Å². The van der Waals surface area contributed by atoms with E-state index in [2.05, 4.69) is 5.32 Å². The van der Waals surface area contributed by atoms with Gasteiger partial charge in [0.2, 0.25) is 0 Å². The molecule has 4 heteroatoms. The predicted octanol–water partition coefficient (Wildman–Crippen LogP) is 3.09. The number of ether oxygens (including phenoxy) is 1. The van der Waals surface area contributed by atoms with E-state index >= 15 is 0 Å². The highest BCUT2D eigenvalue weighted by atomic mass is 35.5. The zero-order valence-corrected chi connectivity index (χ0v) is 10.5. The molecule has 1 aromatic carbocycles. The van der Waals surface area contributed by atoms with Crippen molar-refractivity contribution in [3.8, 4) is 0 Å². The highest BCUT2D eigenvalue weighted by Crippen LogP contribution is 2.13. The van der Waals surface area contributed by atoms with Crippen LogP contribution in [0, 0.1) is 0 Å². The topological polar surface area (TPSA) is 38.3 Å². The molecule has 1 aromatic rings. The lowest BCUT2D eigenvalue weighted by Crippen LogP contribution is -2.28. The number of benzene rings is 1. The summed E-state index contributed by atoms with van der Waals surface area (Å²) in [5.74, 6) is -0.276. The summed E-state index contributed by atoms with van der Waals surface area (Å²) >= 11 is 5.74. The van der Waals surface area contributed by atoms with Crippen molar-refractivity contribution in [3.05, 3.63) is 29.3 Å². The number of nitrogens with one attached hydrogen (secondary N) is 1. The largest absolute Gasteiger partial charge is 0.459 e. The van der Waals surface area contributed by atoms with E-state index in [0.29, 0.717) is 5.02 Å². The van der Waals surface area contributed by atoms with E-state index in [1.807, 2.05) is 32.9 Å². The van der Waals surface area contributed by atoms with Gasteiger partial charge >= 0.3 is 5.97 Å². The summed E-state index contributed by atoms with van der Waals surface area (Å²) in [6.45, 7) is 5.67. The van der Waals surface area contributed by atoms with Crippen LogP contribution in [0.4, 0.5) is 5.69 Å². The van der Waals surface area contributed by atoms with Gasteiger partial charge in [-0.15, -0.1) is 0 Å². The Morgan fingerprint density at radius 2 is 1.88 bits per heavy atom. The van der Waals surface area contributed by atoms with E-state index in [4.69, 9.17) is 16.3 Å². The molecule has 16 heavy (non-hydrogen) atoms. The van der Waals surface area contributed by atoms with Gasteiger partial charge in [0.15, 0.2) is 0 Å². The molecule has 0 aromatic heterocycles. The predicted molar refractivity (Wildman–Crippen MR) is 65.8 cm³/mol. The Labute approximate surface area is 101 Å². The zero-order chi connectivity index (χ0) is 12.2. The van der Waals surface area contributed by atoms with Gasteiger partial charge in [0.1, 0.15) is 12.1 Å². The molecular formula is C12H16ClNO2. The second kappa shape index (κ2) is 5.21. The highest BCUT2D eigenvalue weighted by Gasteiger charge is 2.15. The van der Waals surface area contributed by atoms with E-state index in [9.17, 15) is 4.79 Å². The summed E-state index contributed by atoms with van der Waals surface area (Å²) in [5.41, 5.74) is 0.397. The molecule has 0 heterocycles. The number of rotatable bonds is 3. The molecule has 1 N–H and O–H groups in total. The van der Waals surface area contributed by atoms with Gasteiger partial charge in [-0.05, 0) is 45.0 Å². The molecule has 0 atom stereocenters. The normalized spacial score (nSPS) is 11.0. The molecule has 0 aliphatic rings. The third-order valence-corrected chi connectivity index (χ3v) is 1.95. The molecule has 0 aliphatic heterocycles. The van der Waals surface area contributed by atoms with Gasteiger partial charge in [0.25, 0.3) is 0 Å². The second-order valence-corrected chi connectivity index (χ2v) is 4.88. The van der Waals surface area contributed by atoms with Gasteiger partial charge in [-0.3, -0.25) is 4.79 Å². The first-order valence-corrected chi connectivity index (χ1v) is 5.46. The summed E-state index contributed by atoms with van der Waals surface area (Å²) in [6.07, 6.45) is 0. The van der Waals surface area contributed by atoms with Crippen molar-refractivity contribution in [1.29, 1.82) is 0 Å². The standard InChI is InChI=1S/C12H16ClNO2/c1-12(2,3)16-11(15)8-14-10-6-4-9(13)5-7-10/h4-7,14H,8H2,1-3H3. The Bertz CT molecular complexity index is 354. The molecular weight excluding hydrogens is 226 g/mol. The first kappa shape index (κ1) is 12.8. The minimum Gasteiger partial charge on any atom is -0.459 e. The third kappa shape index (κ3) is 5.03. The van der Waals surface area contributed by atoms with Crippen molar-refractivity contribution in [1.82, 2.24) is 0 Å². The SMILES string of the molecule is CC(C)(C)OC(=O)CNc1ccc(Cl)cc1. The molecule has 0 saturated carbocycles. The van der Waals surface area contributed by atoms with Crippen LogP contribution in [-0.2, 0) is 9.53 Å². The maximum Gasteiger partial charge on any atom is 0.325 e. The van der Waals surface area contributed by atoms with Crippen molar-refractivity contribution in [2.45, 2.75) is 26.4 Å². The summed E-state index contributed by atoms with van der Waals surface area (Å²) in [6, 6.07) is 7.15. The molecule has 0 bridgehead atoms. The molecule has 0 unspecified atom stereocenters. The van der Waals surface area contributed by atoms with Crippen molar-refractivity contribution < 1.29 is 9.53 Å². The molecule has 0 fully saturated rings. The van der Waals surface area contributed by atoms with E-state index < -0.39 is 5.60 Å². The fourth-order valence-electron chi connectivity index (χ4n) is 1.12. The maximum atomic E-state index is 11.4. The number of halogens is 1. The molecule has 88 valence electrons. The third-order valence-electron chi connectivity index (χ3n) is 1.70. The Kier molecular flexibility index (Phi) is 4.19. The summed E-state index contributed by atoms with van der Waals surface area (Å²) < 4.78 is 5.16. The van der Waals surface area contributed by atoms with E-state index in [-0.39, 0.29) is 12.5 Å². The van der Waals surface area contributed by atoms with Crippen molar-refractivity contribution in [2.75, 3.05) is 11.9 Å². The average molecular weight is 242 g/mol. The molecule has 3 nitrogen and oxygen atoms in total. The first-order chi connectivity index (χ1) is 7.37. The Morgan fingerprint density at radius 1 is 1.31 bits per heavy atom. The fourth-order valence-corrected chi connectivity index (χ4v) is 1.25. The van der Waals surface area contributed by atoms with Gasteiger partial charge in [0.05, 0.1) is 0 Å². The van der Waals surface area contributed by atoms with Crippen LogP contribution in [-0.4, -0.2) is 18.1 Å². The number of hydrogen-bond acceptors (Lipinski definition) is 3. The van der Waals surface area contributed by atoms with Crippen LogP contribution in [0.2, 0.25) is 5.02 Å². The van der Waals surface area contributed by atoms with Crippen LogP contribution < -0.4 is 5.32 Å². The highest BCUT2D eigenvalue weighted by molar-refractivity contribution is 6.30. The number of hydrogen-bond donors (Lipinski definition) is 1. The number of carbonyl (C=O) groups is 1. The number of esters is 1. The summed E-state index contributed by atoms with van der Waals surface area (Å²) in [4.78, 5) is 11.4. The van der Waals surface area contributed by atoms with Crippen LogP contribution >= 0.6 is 11.6 Å². The Hall–Kier alpha value is -1.22. The lowest BCUT2D eigenvalue weighted by atomic mass is 10.2. The molecule has 0 radical (unpaired) electrons. The lowest BCUT2D eigenvalue weighted by molar-refractivity contribution is -0.152. The van der Waals surface area contributed by atoms with Gasteiger partial charge in [-0.2, -0.15) is 0 Å². The number of anilines is 1. The van der Waals surface area contributed by atoms with Gasteiger partial charge < -0.3 is 10.1 Å². The van der Waals surface area contributed by atoms with Crippen LogP contribution in [0.1, 0.15) is 20.8 Å². The van der Waals surface area contributed by atoms with Crippen LogP contribution in [0.25, 0.3) is 0 Å². The Balaban J connectivity index is 2.40.